The number of nitrogens with one attached hydrogen (secondary N) is 1. The summed E-state index contributed by atoms with van der Waals surface area (Å²) in [6.07, 6.45) is 3.96. The number of rotatable bonds is 11. The predicted molar refractivity (Wildman–Crippen MR) is 120 cm³/mol. The van der Waals surface area contributed by atoms with Crippen LogP contribution < -0.4 is 14.8 Å². The lowest BCUT2D eigenvalue weighted by Crippen LogP contribution is -2.35. The molecule has 0 heterocycles. The number of para-hydroxylation sites is 1. The summed E-state index contributed by atoms with van der Waals surface area (Å²) in [6, 6.07) is 13.8. The maximum absolute atomic E-state index is 13.2. The minimum absolute atomic E-state index is 0.0635. The highest BCUT2D eigenvalue weighted by Gasteiger charge is 2.47. The summed E-state index contributed by atoms with van der Waals surface area (Å²) in [5, 5.41) is 3.29. The van der Waals surface area contributed by atoms with Gasteiger partial charge < -0.3 is 19.7 Å². The molecule has 1 N–H and O–H groups in total. The highest BCUT2D eigenvalue weighted by molar-refractivity contribution is 5.97. The molecular formula is C25H34N2O3. The van der Waals surface area contributed by atoms with Crippen LogP contribution in [0, 0.1) is 6.92 Å². The zero-order valence-electron chi connectivity index (χ0n) is 18.7. The van der Waals surface area contributed by atoms with Gasteiger partial charge in [-0.05, 0) is 64.0 Å². The van der Waals surface area contributed by atoms with Crippen LogP contribution in [0.3, 0.4) is 0 Å². The number of amides is 1. The van der Waals surface area contributed by atoms with E-state index in [1.165, 1.54) is 0 Å². The first-order valence-corrected chi connectivity index (χ1v) is 10.9. The SMILES string of the molecule is CCCCOc1ccccc1C1(NC(=O)c2cc(OCCN(C)C)ccc2C)CC1. The number of carbonyl (C=O) groups excluding carboxylic acids is 1. The van der Waals surface area contributed by atoms with Crippen molar-refractivity contribution in [2.24, 2.45) is 0 Å². The van der Waals surface area contributed by atoms with Gasteiger partial charge in [-0.15, -0.1) is 0 Å². The largest absolute Gasteiger partial charge is 0.493 e. The monoisotopic (exact) mass is 410 g/mol. The lowest BCUT2D eigenvalue weighted by atomic mass is 10.0. The maximum atomic E-state index is 13.2. The molecule has 0 unspecified atom stereocenters. The number of nitrogens with zero attached hydrogens (tertiary/aromatic N) is 1. The van der Waals surface area contributed by atoms with Gasteiger partial charge in [0.15, 0.2) is 0 Å². The van der Waals surface area contributed by atoms with Crippen LogP contribution in [0.1, 0.15) is 54.1 Å². The third-order valence-corrected chi connectivity index (χ3v) is 5.52. The Morgan fingerprint density at radius 3 is 2.57 bits per heavy atom. The highest BCUT2D eigenvalue weighted by atomic mass is 16.5. The maximum Gasteiger partial charge on any atom is 0.252 e. The predicted octanol–water partition coefficient (Wildman–Crippen LogP) is 4.53. The van der Waals surface area contributed by atoms with E-state index in [4.69, 9.17) is 9.47 Å². The van der Waals surface area contributed by atoms with Crippen LogP contribution in [0.25, 0.3) is 0 Å². The summed E-state index contributed by atoms with van der Waals surface area (Å²) in [5.41, 5.74) is 2.34. The molecule has 0 bridgehead atoms. The van der Waals surface area contributed by atoms with Crippen molar-refractivity contribution in [1.29, 1.82) is 0 Å². The van der Waals surface area contributed by atoms with Gasteiger partial charge in [-0.3, -0.25) is 4.79 Å². The van der Waals surface area contributed by atoms with Crippen molar-refractivity contribution in [3.63, 3.8) is 0 Å². The topological polar surface area (TPSA) is 50.8 Å². The Labute approximate surface area is 180 Å². The van der Waals surface area contributed by atoms with Gasteiger partial charge in [0.1, 0.15) is 18.1 Å². The summed E-state index contributed by atoms with van der Waals surface area (Å²) < 4.78 is 11.8. The molecule has 5 nitrogen and oxygen atoms in total. The Kier molecular flexibility index (Phi) is 7.38. The minimum atomic E-state index is -0.339. The van der Waals surface area contributed by atoms with Gasteiger partial charge in [0, 0.05) is 17.7 Å². The number of hydrogen-bond donors (Lipinski definition) is 1. The van der Waals surface area contributed by atoms with E-state index >= 15 is 0 Å². The minimum Gasteiger partial charge on any atom is -0.493 e. The zero-order chi connectivity index (χ0) is 21.6. The van der Waals surface area contributed by atoms with E-state index in [2.05, 4.69) is 23.2 Å². The molecule has 1 aliphatic carbocycles. The average Bonchev–Trinajstić information content (AvgIpc) is 3.50. The van der Waals surface area contributed by atoms with Crippen LogP contribution in [0.5, 0.6) is 11.5 Å². The van der Waals surface area contributed by atoms with E-state index in [-0.39, 0.29) is 11.4 Å². The first-order chi connectivity index (χ1) is 14.4. The molecule has 0 saturated heterocycles. The third-order valence-electron chi connectivity index (χ3n) is 5.52. The fourth-order valence-electron chi connectivity index (χ4n) is 3.47. The van der Waals surface area contributed by atoms with E-state index in [1.54, 1.807) is 0 Å². The van der Waals surface area contributed by atoms with E-state index in [0.717, 1.165) is 54.9 Å². The Hall–Kier alpha value is -2.53. The average molecular weight is 411 g/mol. The molecule has 3 rings (SSSR count). The molecule has 1 fully saturated rings. The van der Waals surface area contributed by atoms with Crippen LogP contribution in [0.2, 0.25) is 0 Å². The highest BCUT2D eigenvalue weighted by Crippen LogP contribution is 2.49. The number of aryl methyl sites for hydroxylation is 1. The number of ether oxygens (including phenoxy) is 2. The van der Waals surface area contributed by atoms with Crippen molar-refractivity contribution >= 4 is 5.91 Å². The second-order valence-corrected chi connectivity index (χ2v) is 8.36. The molecule has 2 aromatic rings. The number of hydrogen-bond acceptors (Lipinski definition) is 4. The molecule has 2 aromatic carbocycles. The molecule has 0 radical (unpaired) electrons. The smallest absolute Gasteiger partial charge is 0.252 e. The van der Waals surface area contributed by atoms with Gasteiger partial charge in [0.2, 0.25) is 0 Å². The molecular weight excluding hydrogens is 376 g/mol. The summed E-state index contributed by atoms with van der Waals surface area (Å²) in [7, 11) is 4.02. The molecule has 0 spiro atoms. The fraction of sp³-hybridized carbons (Fsp3) is 0.480. The Morgan fingerprint density at radius 1 is 1.10 bits per heavy atom. The van der Waals surface area contributed by atoms with E-state index < -0.39 is 0 Å². The van der Waals surface area contributed by atoms with Crippen LogP contribution >= 0.6 is 0 Å². The summed E-state index contributed by atoms with van der Waals surface area (Å²) in [5.74, 6) is 1.54. The fourth-order valence-corrected chi connectivity index (χ4v) is 3.47. The van der Waals surface area contributed by atoms with Gasteiger partial charge in [-0.2, -0.15) is 0 Å². The second kappa shape index (κ2) is 9.98. The Balaban J connectivity index is 1.73. The molecule has 0 aromatic heterocycles. The van der Waals surface area contributed by atoms with Crippen LogP contribution in [0.4, 0.5) is 0 Å². The van der Waals surface area contributed by atoms with Gasteiger partial charge in [0.05, 0.1) is 12.1 Å². The lowest BCUT2D eigenvalue weighted by molar-refractivity contribution is 0.0929. The summed E-state index contributed by atoms with van der Waals surface area (Å²) in [4.78, 5) is 15.3. The molecule has 30 heavy (non-hydrogen) atoms. The van der Waals surface area contributed by atoms with Gasteiger partial charge in [-0.1, -0.05) is 37.6 Å². The first kappa shape index (κ1) is 22.2. The van der Waals surface area contributed by atoms with Crippen molar-refractivity contribution < 1.29 is 14.3 Å². The second-order valence-electron chi connectivity index (χ2n) is 8.36. The van der Waals surface area contributed by atoms with Crippen molar-refractivity contribution in [3.8, 4) is 11.5 Å². The van der Waals surface area contributed by atoms with E-state index in [1.807, 2.05) is 57.4 Å². The Morgan fingerprint density at radius 2 is 1.87 bits per heavy atom. The summed E-state index contributed by atoms with van der Waals surface area (Å²) in [6.45, 7) is 6.22. The molecule has 0 atom stereocenters. The van der Waals surface area contributed by atoms with Crippen molar-refractivity contribution in [1.82, 2.24) is 10.2 Å². The van der Waals surface area contributed by atoms with Crippen molar-refractivity contribution in [2.45, 2.75) is 45.1 Å². The van der Waals surface area contributed by atoms with Crippen molar-refractivity contribution in [3.05, 3.63) is 59.2 Å². The van der Waals surface area contributed by atoms with Crippen LogP contribution in [0.15, 0.2) is 42.5 Å². The van der Waals surface area contributed by atoms with Gasteiger partial charge in [-0.25, -0.2) is 0 Å². The molecule has 1 amide bonds. The number of likely N-dealkylation sites (N-methyl/N-ethyl adjacent to an activating group) is 1. The quantitative estimate of drug-likeness (QED) is 0.553. The normalized spacial score (nSPS) is 14.4. The van der Waals surface area contributed by atoms with Crippen molar-refractivity contribution in [2.75, 3.05) is 33.9 Å². The van der Waals surface area contributed by atoms with Gasteiger partial charge in [0.25, 0.3) is 5.91 Å². The standard InChI is InChI=1S/C25H34N2O3/c1-5-6-16-30-23-10-8-7-9-22(23)25(13-14-25)26-24(28)21-18-20(12-11-19(21)2)29-17-15-27(3)4/h7-12,18H,5-6,13-17H2,1-4H3,(H,26,28). The molecule has 162 valence electrons. The van der Waals surface area contributed by atoms with Crippen LogP contribution in [-0.4, -0.2) is 44.7 Å². The zero-order valence-corrected chi connectivity index (χ0v) is 18.7. The number of carbonyl (C=O) groups is 1. The molecule has 5 heteroatoms. The first-order valence-electron chi connectivity index (χ1n) is 10.9. The van der Waals surface area contributed by atoms with Crippen LogP contribution in [-0.2, 0) is 5.54 Å². The molecule has 1 saturated carbocycles. The third kappa shape index (κ3) is 5.54. The van der Waals surface area contributed by atoms with E-state index in [0.29, 0.717) is 18.8 Å². The molecule has 0 aliphatic heterocycles. The lowest BCUT2D eigenvalue weighted by Gasteiger charge is -2.22. The number of unbranched alkanes of at least 4 members (excludes halogenated alkanes) is 1. The molecule has 1 aliphatic rings. The summed E-state index contributed by atoms with van der Waals surface area (Å²) >= 11 is 0. The van der Waals surface area contributed by atoms with E-state index in [9.17, 15) is 4.79 Å². The Bertz CT molecular complexity index is 859. The number of benzene rings is 2. The van der Waals surface area contributed by atoms with Gasteiger partial charge >= 0.3 is 0 Å².